The van der Waals surface area contributed by atoms with Crippen LogP contribution in [0.2, 0.25) is 0 Å². The van der Waals surface area contributed by atoms with Gasteiger partial charge in [-0.25, -0.2) is 4.79 Å². The van der Waals surface area contributed by atoms with E-state index in [1.807, 2.05) is 32.7 Å². The number of aliphatic imine (C=N–C) groups is 1. The average Bonchev–Trinajstić information content (AvgIpc) is 2.56. The molecular weight excluding hydrogens is 348 g/mol. The lowest BCUT2D eigenvalue weighted by atomic mass is 10.0. The normalized spacial score (nSPS) is 14.4. The summed E-state index contributed by atoms with van der Waals surface area (Å²) in [4.78, 5) is 29.8. The zero-order valence-electron chi connectivity index (χ0n) is 18.4. The van der Waals surface area contributed by atoms with Gasteiger partial charge in [-0.15, -0.1) is 0 Å². The van der Waals surface area contributed by atoms with Gasteiger partial charge in [-0.3, -0.25) is 9.79 Å². The minimum absolute atomic E-state index is 0.0191. The molecule has 0 saturated heterocycles. The van der Waals surface area contributed by atoms with Crippen LogP contribution in [0.5, 0.6) is 0 Å². The zero-order chi connectivity index (χ0) is 21.2. The van der Waals surface area contributed by atoms with Crippen molar-refractivity contribution in [2.45, 2.75) is 59.6 Å². The molecule has 0 aromatic carbocycles. The molecule has 0 radical (unpaired) electrons. The quantitative estimate of drug-likeness (QED) is 0.378. The van der Waals surface area contributed by atoms with Crippen LogP contribution in [0.25, 0.3) is 0 Å². The second kappa shape index (κ2) is 11.7. The highest BCUT2D eigenvalue weighted by Gasteiger charge is 2.22. The van der Waals surface area contributed by atoms with Gasteiger partial charge in [-0.1, -0.05) is 20.8 Å². The van der Waals surface area contributed by atoms with Crippen LogP contribution in [0, 0.1) is 11.8 Å². The van der Waals surface area contributed by atoms with Crippen molar-refractivity contribution >= 4 is 18.0 Å². The Morgan fingerprint density at radius 3 is 2.22 bits per heavy atom. The maximum absolute atomic E-state index is 12.1. The van der Waals surface area contributed by atoms with Gasteiger partial charge in [0.15, 0.2) is 5.96 Å². The van der Waals surface area contributed by atoms with E-state index in [1.165, 1.54) is 7.11 Å². The van der Waals surface area contributed by atoms with Gasteiger partial charge in [0, 0.05) is 33.2 Å². The molecule has 0 spiro atoms. The molecule has 1 amide bonds. The molecule has 0 fully saturated rings. The second-order valence-corrected chi connectivity index (χ2v) is 8.06. The van der Waals surface area contributed by atoms with E-state index in [9.17, 15) is 9.59 Å². The van der Waals surface area contributed by atoms with Crippen molar-refractivity contribution in [3.63, 3.8) is 0 Å². The van der Waals surface area contributed by atoms with Crippen LogP contribution in [0.3, 0.4) is 0 Å². The summed E-state index contributed by atoms with van der Waals surface area (Å²) >= 11 is 0. The lowest BCUT2D eigenvalue weighted by Crippen LogP contribution is -2.46. The van der Waals surface area contributed by atoms with E-state index in [0.29, 0.717) is 19.0 Å². The number of alkyl carbamates (subject to hydrolysis) is 1. The summed E-state index contributed by atoms with van der Waals surface area (Å²) in [5.41, 5.74) is -0.523. The smallest absolute Gasteiger partial charge is 0.407 e. The molecule has 0 heterocycles. The van der Waals surface area contributed by atoms with Crippen LogP contribution in [-0.2, 0) is 14.3 Å². The van der Waals surface area contributed by atoms with Crippen molar-refractivity contribution < 1.29 is 19.1 Å². The molecule has 8 nitrogen and oxygen atoms in total. The minimum Gasteiger partial charge on any atom is -0.469 e. The predicted molar refractivity (Wildman–Crippen MR) is 108 cm³/mol. The number of hydrogen-bond acceptors (Lipinski definition) is 5. The molecule has 27 heavy (non-hydrogen) atoms. The van der Waals surface area contributed by atoms with Crippen LogP contribution < -0.4 is 10.6 Å². The Balaban J connectivity index is 4.63. The largest absolute Gasteiger partial charge is 0.469 e. The molecule has 0 aliphatic rings. The van der Waals surface area contributed by atoms with Crippen molar-refractivity contribution in [3.05, 3.63) is 0 Å². The highest BCUT2D eigenvalue weighted by atomic mass is 16.6. The zero-order valence-corrected chi connectivity index (χ0v) is 18.4. The van der Waals surface area contributed by atoms with Gasteiger partial charge >= 0.3 is 12.1 Å². The summed E-state index contributed by atoms with van der Waals surface area (Å²) in [6.45, 7) is 12.6. The van der Waals surface area contributed by atoms with E-state index in [-0.39, 0.29) is 23.8 Å². The third kappa shape index (κ3) is 10.7. The van der Waals surface area contributed by atoms with Crippen molar-refractivity contribution in [3.8, 4) is 0 Å². The molecule has 2 atom stereocenters. The first kappa shape index (κ1) is 25.0. The highest BCUT2D eigenvalue weighted by molar-refractivity contribution is 5.80. The van der Waals surface area contributed by atoms with E-state index < -0.39 is 11.7 Å². The van der Waals surface area contributed by atoms with Crippen LogP contribution in [0.4, 0.5) is 4.79 Å². The molecule has 0 aromatic heterocycles. The number of nitrogens with zero attached hydrogens (tertiary/aromatic N) is 2. The standard InChI is InChI=1S/C19H38N4O4/c1-13(2)15(22-18(25)27-19(4,5)6)10-11-23(8)17(20-7)21-12-14(3)16(24)26-9/h13-15H,10-12H2,1-9H3,(H,20,21)(H,22,25). The number of nitrogens with one attached hydrogen (secondary N) is 2. The fraction of sp³-hybridized carbons (Fsp3) is 0.842. The van der Waals surface area contributed by atoms with Gasteiger partial charge in [0.05, 0.1) is 13.0 Å². The number of amides is 1. The first-order valence-electron chi connectivity index (χ1n) is 9.40. The lowest BCUT2D eigenvalue weighted by molar-refractivity contribution is -0.144. The summed E-state index contributed by atoms with van der Waals surface area (Å²) in [6, 6.07) is -0.0191. The Morgan fingerprint density at radius 2 is 1.78 bits per heavy atom. The second-order valence-electron chi connectivity index (χ2n) is 8.06. The number of carbonyl (C=O) groups is 2. The van der Waals surface area contributed by atoms with Gasteiger partial charge in [-0.2, -0.15) is 0 Å². The molecule has 158 valence electrons. The predicted octanol–water partition coefficient (Wildman–Crippen LogP) is 2.24. The summed E-state index contributed by atoms with van der Waals surface area (Å²) < 4.78 is 10.1. The third-order valence-corrected chi connectivity index (χ3v) is 4.03. The first-order valence-corrected chi connectivity index (χ1v) is 9.40. The van der Waals surface area contributed by atoms with Crippen LogP contribution in [0.15, 0.2) is 4.99 Å². The number of rotatable bonds is 8. The van der Waals surface area contributed by atoms with E-state index in [4.69, 9.17) is 9.47 Å². The Hall–Kier alpha value is -1.99. The number of esters is 1. The minimum atomic E-state index is -0.523. The maximum Gasteiger partial charge on any atom is 0.407 e. The highest BCUT2D eigenvalue weighted by Crippen LogP contribution is 2.11. The molecule has 8 heteroatoms. The maximum atomic E-state index is 12.1. The summed E-state index contributed by atoms with van der Waals surface area (Å²) in [5, 5.41) is 6.12. The molecule has 0 saturated carbocycles. The van der Waals surface area contributed by atoms with E-state index >= 15 is 0 Å². The summed E-state index contributed by atoms with van der Waals surface area (Å²) in [7, 11) is 4.99. The van der Waals surface area contributed by atoms with E-state index in [1.54, 1.807) is 14.0 Å². The molecule has 0 bridgehead atoms. The lowest BCUT2D eigenvalue weighted by Gasteiger charge is -2.28. The summed E-state index contributed by atoms with van der Waals surface area (Å²) in [6.07, 6.45) is 0.332. The Labute approximate surface area is 164 Å². The molecule has 0 aliphatic carbocycles. The van der Waals surface area contributed by atoms with Crippen molar-refractivity contribution in [1.29, 1.82) is 0 Å². The third-order valence-electron chi connectivity index (χ3n) is 4.03. The first-order chi connectivity index (χ1) is 12.4. The van der Waals surface area contributed by atoms with Crippen LogP contribution >= 0.6 is 0 Å². The Morgan fingerprint density at radius 1 is 1.19 bits per heavy atom. The fourth-order valence-electron chi connectivity index (χ4n) is 2.38. The fourth-order valence-corrected chi connectivity index (χ4v) is 2.38. The van der Waals surface area contributed by atoms with E-state index in [0.717, 1.165) is 6.42 Å². The summed E-state index contributed by atoms with van der Waals surface area (Å²) in [5.74, 6) is 0.421. The monoisotopic (exact) mass is 386 g/mol. The van der Waals surface area contributed by atoms with Gasteiger partial charge in [0.25, 0.3) is 0 Å². The Bertz CT molecular complexity index is 500. The molecule has 0 rings (SSSR count). The van der Waals surface area contributed by atoms with Crippen molar-refractivity contribution in [2.24, 2.45) is 16.8 Å². The van der Waals surface area contributed by atoms with Gasteiger partial charge in [0.1, 0.15) is 5.60 Å². The average molecular weight is 387 g/mol. The van der Waals surface area contributed by atoms with Gasteiger partial charge in [-0.05, 0) is 33.1 Å². The number of methoxy groups -OCH3 is 1. The molecule has 2 N–H and O–H groups in total. The van der Waals surface area contributed by atoms with E-state index in [2.05, 4.69) is 29.5 Å². The topological polar surface area (TPSA) is 92.3 Å². The number of hydrogen-bond donors (Lipinski definition) is 2. The number of ether oxygens (including phenoxy) is 2. The van der Waals surface area contributed by atoms with Gasteiger partial charge in [0.2, 0.25) is 0 Å². The Kier molecular flexibility index (Phi) is 10.8. The van der Waals surface area contributed by atoms with Crippen molar-refractivity contribution in [1.82, 2.24) is 15.5 Å². The molecule has 2 unspecified atom stereocenters. The molecule has 0 aromatic rings. The number of guanidine groups is 1. The molecule has 0 aliphatic heterocycles. The molecular formula is C19H38N4O4. The van der Waals surface area contributed by atoms with Crippen LogP contribution in [-0.4, -0.2) is 68.9 Å². The van der Waals surface area contributed by atoms with Crippen molar-refractivity contribution in [2.75, 3.05) is 34.3 Å². The van der Waals surface area contributed by atoms with Gasteiger partial charge < -0.3 is 25.0 Å². The van der Waals surface area contributed by atoms with Crippen LogP contribution in [0.1, 0.15) is 48.0 Å². The SMILES string of the molecule is CN=C(NCC(C)C(=O)OC)N(C)CCC(NC(=O)OC(C)(C)C)C(C)C. The number of carbonyl (C=O) groups excluding carboxylic acids is 2.